The number of amides is 1. The van der Waals surface area contributed by atoms with Crippen molar-refractivity contribution in [2.75, 3.05) is 0 Å². The van der Waals surface area contributed by atoms with Crippen molar-refractivity contribution in [3.63, 3.8) is 0 Å². The third-order valence-corrected chi connectivity index (χ3v) is 4.40. The second-order valence-electron chi connectivity index (χ2n) is 5.03. The van der Waals surface area contributed by atoms with Crippen LogP contribution in [-0.2, 0) is 6.54 Å². The van der Waals surface area contributed by atoms with Gasteiger partial charge in [-0.25, -0.2) is 9.89 Å². The molecular weight excluding hydrogens is 276 g/mol. The molecule has 1 aliphatic carbocycles. The molecule has 0 spiro atoms. The number of aromatic amines is 2. The van der Waals surface area contributed by atoms with E-state index in [9.17, 15) is 9.59 Å². The van der Waals surface area contributed by atoms with Gasteiger partial charge in [0.05, 0.1) is 0 Å². The lowest BCUT2D eigenvalue weighted by atomic mass is 10.2. The highest BCUT2D eigenvalue weighted by molar-refractivity contribution is 7.07. The molecule has 0 aromatic carbocycles. The van der Waals surface area contributed by atoms with Crippen LogP contribution in [0.2, 0.25) is 0 Å². The Bertz CT molecular complexity index is 625. The highest BCUT2D eigenvalue weighted by Gasteiger charge is 2.29. The number of hydrogen-bond acceptors (Lipinski definition) is 4. The average molecular weight is 292 g/mol. The fourth-order valence-corrected chi connectivity index (χ4v) is 3.33. The first-order valence-electron chi connectivity index (χ1n) is 6.71. The predicted octanol–water partition coefficient (Wildman–Crippen LogP) is 1.74. The van der Waals surface area contributed by atoms with E-state index in [2.05, 4.69) is 15.2 Å². The van der Waals surface area contributed by atoms with Gasteiger partial charge in [0.15, 0.2) is 0 Å². The van der Waals surface area contributed by atoms with Gasteiger partial charge in [-0.05, 0) is 35.2 Å². The van der Waals surface area contributed by atoms with Crippen LogP contribution in [0.3, 0.4) is 0 Å². The van der Waals surface area contributed by atoms with E-state index in [4.69, 9.17) is 0 Å². The second-order valence-corrected chi connectivity index (χ2v) is 5.81. The first-order chi connectivity index (χ1) is 9.74. The number of rotatable bonds is 4. The molecule has 6 nitrogen and oxygen atoms in total. The Labute approximate surface area is 119 Å². The number of aromatic nitrogens is 3. The molecule has 2 N–H and O–H groups in total. The van der Waals surface area contributed by atoms with Gasteiger partial charge >= 0.3 is 5.69 Å². The molecule has 0 radical (unpaired) electrons. The van der Waals surface area contributed by atoms with Crippen molar-refractivity contribution in [1.29, 1.82) is 0 Å². The fourth-order valence-electron chi connectivity index (χ4n) is 2.67. The first kappa shape index (κ1) is 13.1. The van der Waals surface area contributed by atoms with Crippen LogP contribution in [0, 0.1) is 0 Å². The van der Waals surface area contributed by atoms with Crippen molar-refractivity contribution < 1.29 is 4.79 Å². The molecule has 0 unspecified atom stereocenters. The molecule has 0 aliphatic heterocycles. The summed E-state index contributed by atoms with van der Waals surface area (Å²) in [6.45, 7) is 0.571. The van der Waals surface area contributed by atoms with Gasteiger partial charge in [-0.15, -0.1) is 5.10 Å². The Hall–Kier alpha value is -1.89. The lowest BCUT2D eigenvalue weighted by Gasteiger charge is -2.27. The smallest absolute Gasteiger partial charge is 0.329 e. The molecular formula is C13H16N4O2S. The standard InChI is InChI=1S/C13H16N4O2S/c18-12(11-14-13(19)16-15-11)17(10-3-1-2-4-10)7-9-5-6-20-8-9/h5-6,8,10H,1-4,7H2,(H2,14,15,16,19). The van der Waals surface area contributed by atoms with E-state index in [-0.39, 0.29) is 17.8 Å². The highest BCUT2D eigenvalue weighted by atomic mass is 32.1. The number of nitrogens with zero attached hydrogens (tertiary/aromatic N) is 2. The first-order valence-corrected chi connectivity index (χ1v) is 7.65. The summed E-state index contributed by atoms with van der Waals surface area (Å²) in [6.07, 6.45) is 4.33. The maximum Gasteiger partial charge on any atom is 0.341 e. The molecule has 20 heavy (non-hydrogen) atoms. The third-order valence-electron chi connectivity index (χ3n) is 3.66. The Balaban J connectivity index is 1.84. The minimum absolute atomic E-state index is 0.0946. The molecule has 2 aromatic heterocycles. The summed E-state index contributed by atoms with van der Waals surface area (Å²) >= 11 is 1.62. The van der Waals surface area contributed by atoms with Crippen molar-refractivity contribution >= 4 is 17.2 Å². The van der Waals surface area contributed by atoms with Gasteiger partial charge in [-0.2, -0.15) is 11.3 Å². The molecule has 2 aromatic rings. The molecule has 106 valence electrons. The van der Waals surface area contributed by atoms with Gasteiger partial charge in [0.25, 0.3) is 5.91 Å². The zero-order valence-corrected chi connectivity index (χ0v) is 11.8. The van der Waals surface area contributed by atoms with Gasteiger partial charge in [-0.3, -0.25) is 9.78 Å². The molecule has 1 saturated carbocycles. The van der Waals surface area contributed by atoms with Crippen LogP contribution < -0.4 is 5.69 Å². The maximum atomic E-state index is 12.5. The number of nitrogens with one attached hydrogen (secondary N) is 2. The highest BCUT2D eigenvalue weighted by Crippen LogP contribution is 2.26. The van der Waals surface area contributed by atoms with Gasteiger partial charge in [0.2, 0.25) is 5.82 Å². The lowest BCUT2D eigenvalue weighted by Crippen LogP contribution is -2.38. The monoisotopic (exact) mass is 292 g/mol. The Morgan fingerprint density at radius 1 is 1.45 bits per heavy atom. The van der Waals surface area contributed by atoms with Gasteiger partial charge in [-0.1, -0.05) is 12.8 Å². The molecule has 2 heterocycles. The summed E-state index contributed by atoms with van der Waals surface area (Å²) in [4.78, 5) is 27.9. The van der Waals surface area contributed by atoms with Crippen LogP contribution in [0.4, 0.5) is 0 Å². The number of carbonyl (C=O) groups excluding carboxylic acids is 1. The summed E-state index contributed by atoms with van der Waals surface area (Å²) in [5.74, 6) is -0.112. The maximum absolute atomic E-state index is 12.5. The van der Waals surface area contributed by atoms with Crippen LogP contribution in [-0.4, -0.2) is 32.0 Å². The van der Waals surface area contributed by atoms with E-state index in [1.807, 2.05) is 21.7 Å². The molecule has 0 saturated heterocycles. The zero-order chi connectivity index (χ0) is 13.9. The number of carbonyl (C=O) groups is 1. The van der Waals surface area contributed by atoms with Crippen LogP contribution >= 0.6 is 11.3 Å². The Morgan fingerprint density at radius 2 is 2.25 bits per heavy atom. The minimum Gasteiger partial charge on any atom is -0.329 e. The normalized spacial score (nSPS) is 15.6. The number of hydrogen-bond donors (Lipinski definition) is 2. The van der Waals surface area contributed by atoms with E-state index >= 15 is 0 Å². The average Bonchev–Trinajstić information content (AvgIpc) is 3.17. The van der Waals surface area contributed by atoms with Gasteiger partial charge in [0.1, 0.15) is 0 Å². The predicted molar refractivity (Wildman–Crippen MR) is 75.7 cm³/mol. The molecule has 7 heteroatoms. The summed E-state index contributed by atoms with van der Waals surface area (Å²) < 4.78 is 0. The minimum atomic E-state index is -0.449. The summed E-state index contributed by atoms with van der Waals surface area (Å²) in [7, 11) is 0. The SMILES string of the molecule is O=C(c1n[nH]c(=O)[nH]1)N(Cc1ccsc1)C1CCCC1. The second kappa shape index (κ2) is 5.62. The van der Waals surface area contributed by atoms with E-state index in [1.165, 1.54) is 0 Å². The van der Waals surface area contributed by atoms with Crippen LogP contribution in [0.25, 0.3) is 0 Å². The molecule has 0 bridgehead atoms. The lowest BCUT2D eigenvalue weighted by molar-refractivity contribution is 0.0652. The summed E-state index contributed by atoms with van der Waals surface area (Å²) in [6, 6.07) is 2.26. The largest absolute Gasteiger partial charge is 0.341 e. The van der Waals surface area contributed by atoms with Crippen molar-refractivity contribution in [2.45, 2.75) is 38.3 Å². The molecule has 0 atom stereocenters. The fraction of sp³-hybridized carbons (Fsp3) is 0.462. The van der Waals surface area contributed by atoms with Crippen molar-refractivity contribution in [3.05, 3.63) is 38.7 Å². The van der Waals surface area contributed by atoms with E-state index in [0.29, 0.717) is 6.54 Å². The van der Waals surface area contributed by atoms with Gasteiger partial charge < -0.3 is 4.90 Å². The van der Waals surface area contributed by atoms with Crippen molar-refractivity contribution in [2.24, 2.45) is 0 Å². The van der Waals surface area contributed by atoms with Crippen LogP contribution in [0.5, 0.6) is 0 Å². The van der Waals surface area contributed by atoms with Crippen molar-refractivity contribution in [1.82, 2.24) is 20.1 Å². The summed E-state index contributed by atoms with van der Waals surface area (Å²) in [5, 5.41) is 10.1. The number of H-pyrrole nitrogens is 2. The molecule has 1 amide bonds. The quantitative estimate of drug-likeness (QED) is 0.900. The van der Waals surface area contributed by atoms with E-state index in [0.717, 1.165) is 31.2 Å². The Morgan fingerprint density at radius 3 is 2.85 bits per heavy atom. The zero-order valence-electron chi connectivity index (χ0n) is 11.0. The van der Waals surface area contributed by atoms with Crippen molar-refractivity contribution in [3.8, 4) is 0 Å². The van der Waals surface area contributed by atoms with E-state index in [1.54, 1.807) is 11.3 Å². The topological polar surface area (TPSA) is 81.8 Å². The van der Waals surface area contributed by atoms with Crippen LogP contribution in [0.15, 0.2) is 21.6 Å². The molecule has 3 rings (SSSR count). The summed E-state index contributed by atoms with van der Waals surface area (Å²) in [5.41, 5.74) is 0.670. The molecule has 1 fully saturated rings. The Kier molecular flexibility index (Phi) is 3.68. The molecule has 1 aliphatic rings. The number of thiophene rings is 1. The van der Waals surface area contributed by atoms with Gasteiger partial charge in [0, 0.05) is 12.6 Å². The van der Waals surface area contributed by atoms with Crippen LogP contribution in [0.1, 0.15) is 41.9 Å². The third kappa shape index (κ3) is 2.67. The van der Waals surface area contributed by atoms with E-state index < -0.39 is 5.69 Å².